The molecule has 0 unspecified atom stereocenters. The molecule has 4 N–H and O–H groups in total. The van der Waals surface area contributed by atoms with Crippen molar-refractivity contribution >= 4 is 33.8 Å². The molecule has 0 spiro atoms. The van der Waals surface area contributed by atoms with Gasteiger partial charge in [0.25, 0.3) is 0 Å². The van der Waals surface area contributed by atoms with Crippen molar-refractivity contribution in [3.63, 3.8) is 0 Å². The van der Waals surface area contributed by atoms with Crippen LogP contribution in [0.2, 0.25) is 0 Å². The minimum Gasteiger partial charge on any atom is -0.393 e. The molecule has 2 aromatic rings. The first-order valence-electron chi connectivity index (χ1n) is 4.82. The van der Waals surface area contributed by atoms with Crippen LogP contribution in [-0.4, -0.2) is 21.5 Å². The Morgan fingerprint density at radius 3 is 2.81 bits per heavy atom. The maximum atomic E-state index is 5.91. The van der Waals surface area contributed by atoms with Crippen LogP contribution in [0, 0.1) is 0 Å². The largest absolute Gasteiger partial charge is 0.393 e. The minimum absolute atomic E-state index is 0.500. The van der Waals surface area contributed by atoms with Crippen molar-refractivity contribution in [2.45, 2.75) is 6.92 Å². The molecule has 0 atom stereocenters. The van der Waals surface area contributed by atoms with E-state index in [4.69, 9.17) is 5.73 Å². The first kappa shape index (κ1) is 10.6. The molecule has 0 amide bonds. The normalized spacial score (nSPS) is 10.1. The molecule has 0 aliphatic carbocycles. The molecule has 2 heterocycles. The standard InChI is InChI=1S/C9H12N6S/c1-2-11-7-6(10)8(14-5-13-7)15-9-12-3-4-16-9/h3-5H,2,10H2,1H3,(H2,11,12,13,14,15). The van der Waals surface area contributed by atoms with Crippen LogP contribution in [0.25, 0.3) is 0 Å². The van der Waals surface area contributed by atoms with E-state index in [-0.39, 0.29) is 0 Å². The van der Waals surface area contributed by atoms with E-state index in [1.54, 1.807) is 6.20 Å². The lowest BCUT2D eigenvalue weighted by Crippen LogP contribution is -2.07. The van der Waals surface area contributed by atoms with Crippen molar-refractivity contribution in [3.05, 3.63) is 17.9 Å². The van der Waals surface area contributed by atoms with E-state index < -0.39 is 0 Å². The van der Waals surface area contributed by atoms with Gasteiger partial charge in [-0.25, -0.2) is 15.0 Å². The molecule has 0 saturated heterocycles. The maximum absolute atomic E-state index is 5.91. The van der Waals surface area contributed by atoms with Gasteiger partial charge in [-0.05, 0) is 6.92 Å². The van der Waals surface area contributed by atoms with Crippen LogP contribution < -0.4 is 16.4 Å². The Kier molecular flexibility index (Phi) is 3.16. The van der Waals surface area contributed by atoms with Gasteiger partial charge in [0, 0.05) is 18.1 Å². The second kappa shape index (κ2) is 4.75. The van der Waals surface area contributed by atoms with Gasteiger partial charge in [0.2, 0.25) is 0 Å². The SMILES string of the molecule is CCNc1ncnc(Nc2nccs2)c1N. The summed E-state index contributed by atoms with van der Waals surface area (Å²) in [5.41, 5.74) is 6.41. The summed E-state index contributed by atoms with van der Waals surface area (Å²) < 4.78 is 0. The van der Waals surface area contributed by atoms with E-state index in [0.29, 0.717) is 17.3 Å². The van der Waals surface area contributed by atoms with Crippen molar-refractivity contribution < 1.29 is 0 Å². The van der Waals surface area contributed by atoms with Crippen molar-refractivity contribution in [2.75, 3.05) is 22.9 Å². The van der Waals surface area contributed by atoms with Crippen LogP contribution >= 0.6 is 11.3 Å². The number of nitrogen functional groups attached to an aromatic ring is 1. The predicted octanol–water partition coefficient (Wildman–Crippen LogP) is 1.69. The molecule has 0 fully saturated rings. The number of hydrogen-bond acceptors (Lipinski definition) is 7. The van der Waals surface area contributed by atoms with E-state index in [1.807, 2.05) is 12.3 Å². The lowest BCUT2D eigenvalue weighted by atomic mass is 10.4. The number of nitrogens with one attached hydrogen (secondary N) is 2. The lowest BCUT2D eigenvalue weighted by molar-refractivity contribution is 1.11. The first-order valence-corrected chi connectivity index (χ1v) is 5.70. The van der Waals surface area contributed by atoms with Crippen LogP contribution in [-0.2, 0) is 0 Å². The Balaban J connectivity index is 2.24. The van der Waals surface area contributed by atoms with Crippen LogP contribution in [0.1, 0.15) is 6.92 Å². The molecule has 0 aliphatic rings. The summed E-state index contributed by atoms with van der Waals surface area (Å²) in [4.78, 5) is 12.2. The molecule has 6 nitrogen and oxygen atoms in total. The highest BCUT2D eigenvalue weighted by Gasteiger charge is 2.07. The zero-order valence-corrected chi connectivity index (χ0v) is 9.58. The number of hydrogen-bond donors (Lipinski definition) is 3. The summed E-state index contributed by atoms with van der Waals surface area (Å²) in [7, 11) is 0. The maximum Gasteiger partial charge on any atom is 0.188 e. The fourth-order valence-electron chi connectivity index (χ4n) is 1.19. The molecule has 2 aromatic heterocycles. The summed E-state index contributed by atoms with van der Waals surface area (Å²) in [6.07, 6.45) is 3.18. The Labute approximate surface area is 97.0 Å². The fourth-order valence-corrected chi connectivity index (χ4v) is 1.72. The van der Waals surface area contributed by atoms with Gasteiger partial charge in [-0.15, -0.1) is 11.3 Å². The Morgan fingerprint density at radius 1 is 1.31 bits per heavy atom. The molecule has 16 heavy (non-hydrogen) atoms. The highest BCUT2D eigenvalue weighted by Crippen LogP contribution is 2.26. The molecule has 2 rings (SSSR count). The number of thiazole rings is 1. The van der Waals surface area contributed by atoms with Crippen LogP contribution in [0.4, 0.5) is 22.5 Å². The van der Waals surface area contributed by atoms with Gasteiger partial charge in [0.15, 0.2) is 16.8 Å². The third-order valence-electron chi connectivity index (χ3n) is 1.89. The average Bonchev–Trinajstić information content (AvgIpc) is 2.77. The predicted molar refractivity (Wildman–Crippen MR) is 66.0 cm³/mol. The second-order valence-corrected chi connectivity index (χ2v) is 3.87. The molecule has 0 saturated carbocycles. The molecule has 0 radical (unpaired) electrons. The Bertz CT molecular complexity index is 455. The zero-order valence-electron chi connectivity index (χ0n) is 8.77. The summed E-state index contributed by atoms with van der Waals surface area (Å²) in [5, 5.41) is 8.74. The molecular weight excluding hydrogens is 224 g/mol. The summed E-state index contributed by atoms with van der Waals surface area (Å²) in [6.45, 7) is 2.74. The highest BCUT2D eigenvalue weighted by molar-refractivity contribution is 7.13. The quantitative estimate of drug-likeness (QED) is 0.748. The van der Waals surface area contributed by atoms with Crippen molar-refractivity contribution in [2.24, 2.45) is 0 Å². The fraction of sp³-hybridized carbons (Fsp3) is 0.222. The summed E-state index contributed by atoms with van der Waals surface area (Å²) in [6, 6.07) is 0. The minimum atomic E-state index is 0.500. The number of anilines is 4. The Morgan fingerprint density at radius 2 is 2.12 bits per heavy atom. The number of nitrogens with zero attached hydrogens (tertiary/aromatic N) is 3. The molecule has 0 aliphatic heterocycles. The molecule has 7 heteroatoms. The third-order valence-corrected chi connectivity index (χ3v) is 2.57. The van der Waals surface area contributed by atoms with Gasteiger partial charge in [-0.3, -0.25) is 0 Å². The van der Waals surface area contributed by atoms with Crippen molar-refractivity contribution in [3.8, 4) is 0 Å². The summed E-state index contributed by atoms with van der Waals surface area (Å²) >= 11 is 1.49. The van der Waals surface area contributed by atoms with Crippen LogP contribution in [0.5, 0.6) is 0 Å². The second-order valence-electron chi connectivity index (χ2n) is 2.98. The number of rotatable bonds is 4. The zero-order chi connectivity index (χ0) is 11.4. The van der Waals surface area contributed by atoms with Crippen LogP contribution in [0.15, 0.2) is 17.9 Å². The van der Waals surface area contributed by atoms with Gasteiger partial charge in [-0.1, -0.05) is 0 Å². The van der Waals surface area contributed by atoms with Gasteiger partial charge in [0.1, 0.15) is 12.0 Å². The third kappa shape index (κ3) is 2.19. The molecule has 84 valence electrons. The smallest absolute Gasteiger partial charge is 0.188 e. The molecular formula is C9H12N6S. The van der Waals surface area contributed by atoms with E-state index in [9.17, 15) is 0 Å². The van der Waals surface area contributed by atoms with Gasteiger partial charge in [0.05, 0.1) is 0 Å². The number of aromatic nitrogens is 3. The topological polar surface area (TPSA) is 88.8 Å². The molecule has 0 bridgehead atoms. The Hall–Kier alpha value is -1.89. The average molecular weight is 236 g/mol. The van der Waals surface area contributed by atoms with Crippen LogP contribution in [0.3, 0.4) is 0 Å². The van der Waals surface area contributed by atoms with E-state index in [1.165, 1.54) is 17.7 Å². The van der Waals surface area contributed by atoms with Gasteiger partial charge in [-0.2, -0.15) is 0 Å². The monoisotopic (exact) mass is 236 g/mol. The van der Waals surface area contributed by atoms with E-state index >= 15 is 0 Å². The van der Waals surface area contributed by atoms with E-state index in [2.05, 4.69) is 25.6 Å². The van der Waals surface area contributed by atoms with E-state index in [0.717, 1.165) is 11.7 Å². The van der Waals surface area contributed by atoms with Gasteiger partial charge >= 0.3 is 0 Å². The van der Waals surface area contributed by atoms with Crippen molar-refractivity contribution in [1.29, 1.82) is 0 Å². The van der Waals surface area contributed by atoms with Crippen molar-refractivity contribution in [1.82, 2.24) is 15.0 Å². The lowest BCUT2D eigenvalue weighted by Gasteiger charge is -2.09. The highest BCUT2D eigenvalue weighted by atomic mass is 32.1. The number of nitrogens with two attached hydrogens (primary N) is 1. The summed E-state index contributed by atoms with van der Waals surface area (Å²) in [5.74, 6) is 1.21. The first-order chi connectivity index (χ1) is 7.81. The van der Waals surface area contributed by atoms with Gasteiger partial charge < -0.3 is 16.4 Å². The molecule has 0 aromatic carbocycles.